The van der Waals surface area contributed by atoms with Crippen LogP contribution in [0.15, 0.2) is 79.0 Å². The first kappa shape index (κ1) is 21.8. The second-order valence-corrected chi connectivity index (χ2v) is 9.73. The molecule has 1 saturated heterocycles. The number of ether oxygens (including phenoxy) is 2. The van der Waals surface area contributed by atoms with E-state index in [2.05, 4.69) is 4.98 Å². The number of hydrogen-bond acceptors (Lipinski definition) is 6. The normalized spacial score (nSPS) is 17.2. The second kappa shape index (κ2) is 7.94. The van der Waals surface area contributed by atoms with E-state index >= 15 is 0 Å². The van der Waals surface area contributed by atoms with Crippen molar-refractivity contribution >= 4 is 12.6 Å². The number of benzene rings is 3. The van der Waals surface area contributed by atoms with Gasteiger partial charge in [0.05, 0.1) is 16.9 Å². The zero-order valence-corrected chi connectivity index (χ0v) is 20.1. The Morgan fingerprint density at radius 2 is 1.31 bits per heavy atom. The SMILES string of the molecule is CC1(C)OB(c2ccc(-c3ccnc(-c4ccccc4)n3)c3c2Oc2ccccc2O3)OC1(C)C. The highest BCUT2D eigenvalue weighted by Gasteiger charge is 2.53. The minimum Gasteiger partial charge on any atom is -0.450 e. The van der Waals surface area contributed by atoms with Gasteiger partial charge < -0.3 is 18.8 Å². The molecule has 0 saturated carbocycles. The summed E-state index contributed by atoms with van der Waals surface area (Å²) in [6, 6.07) is 23.3. The first-order chi connectivity index (χ1) is 16.8. The van der Waals surface area contributed by atoms with Crippen LogP contribution in [0.4, 0.5) is 0 Å². The molecule has 3 heterocycles. The van der Waals surface area contributed by atoms with Gasteiger partial charge in [-0.3, -0.25) is 0 Å². The molecule has 35 heavy (non-hydrogen) atoms. The van der Waals surface area contributed by atoms with E-state index in [4.69, 9.17) is 23.8 Å². The van der Waals surface area contributed by atoms with E-state index in [0.717, 1.165) is 22.3 Å². The summed E-state index contributed by atoms with van der Waals surface area (Å²) < 4.78 is 25.5. The number of para-hydroxylation sites is 2. The maximum Gasteiger partial charge on any atom is 0.498 e. The Morgan fingerprint density at radius 3 is 2.00 bits per heavy atom. The molecule has 0 amide bonds. The maximum absolute atomic E-state index is 6.42. The topological polar surface area (TPSA) is 62.7 Å². The molecule has 4 aromatic rings. The molecule has 3 aromatic carbocycles. The largest absolute Gasteiger partial charge is 0.498 e. The third-order valence-electron chi connectivity index (χ3n) is 6.89. The molecule has 0 N–H and O–H groups in total. The summed E-state index contributed by atoms with van der Waals surface area (Å²) in [5.74, 6) is 3.07. The van der Waals surface area contributed by atoms with Crippen molar-refractivity contribution in [1.29, 1.82) is 0 Å². The molecule has 2 aliphatic rings. The smallest absolute Gasteiger partial charge is 0.450 e. The van der Waals surface area contributed by atoms with Crippen LogP contribution in [-0.2, 0) is 9.31 Å². The van der Waals surface area contributed by atoms with Gasteiger partial charge in [0.15, 0.2) is 28.8 Å². The fraction of sp³-hybridized carbons (Fsp3) is 0.214. The highest BCUT2D eigenvalue weighted by molar-refractivity contribution is 6.63. The van der Waals surface area contributed by atoms with Crippen LogP contribution in [0.2, 0.25) is 0 Å². The number of hydrogen-bond donors (Lipinski definition) is 0. The van der Waals surface area contributed by atoms with Crippen LogP contribution in [-0.4, -0.2) is 28.3 Å². The van der Waals surface area contributed by atoms with Crippen LogP contribution in [0.5, 0.6) is 23.0 Å². The number of rotatable bonds is 3. The third kappa shape index (κ3) is 3.68. The van der Waals surface area contributed by atoms with E-state index in [1.54, 1.807) is 6.20 Å². The predicted molar refractivity (Wildman–Crippen MR) is 135 cm³/mol. The number of nitrogens with zero attached hydrogens (tertiary/aromatic N) is 2. The third-order valence-corrected chi connectivity index (χ3v) is 6.89. The van der Waals surface area contributed by atoms with E-state index in [9.17, 15) is 0 Å². The van der Waals surface area contributed by atoms with Crippen LogP contribution in [0, 0.1) is 0 Å². The average Bonchev–Trinajstić information content (AvgIpc) is 3.09. The fourth-order valence-electron chi connectivity index (χ4n) is 4.22. The van der Waals surface area contributed by atoms with Crippen molar-refractivity contribution < 1.29 is 18.8 Å². The summed E-state index contributed by atoms with van der Waals surface area (Å²) in [5, 5.41) is 0. The summed E-state index contributed by atoms with van der Waals surface area (Å²) in [6.07, 6.45) is 1.76. The molecule has 6 nitrogen and oxygen atoms in total. The Bertz CT molecular complexity index is 1410. The molecule has 1 aromatic heterocycles. The van der Waals surface area contributed by atoms with Crippen LogP contribution in [0.25, 0.3) is 22.6 Å². The van der Waals surface area contributed by atoms with Crippen molar-refractivity contribution in [3.05, 3.63) is 79.0 Å². The summed E-state index contributed by atoms with van der Waals surface area (Å²) in [5.41, 5.74) is 2.30. The van der Waals surface area contributed by atoms with Crippen molar-refractivity contribution in [3.8, 4) is 45.6 Å². The molecule has 174 valence electrons. The van der Waals surface area contributed by atoms with Gasteiger partial charge in [-0.2, -0.15) is 0 Å². The fourth-order valence-corrected chi connectivity index (χ4v) is 4.22. The molecule has 0 spiro atoms. The van der Waals surface area contributed by atoms with E-state index in [1.165, 1.54) is 0 Å². The lowest BCUT2D eigenvalue weighted by Gasteiger charge is -2.32. The summed E-state index contributed by atoms with van der Waals surface area (Å²) in [7, 11) is -0.595. The van der Waals surface area contributed by atoms with Crippen molar-refractivity contribution in [1.82, 2.24) is 9.97 Å². The summed E-state index contributed by atoms with van der Waals surface area (Å²) in [6.45, 7) is 8.14. The van der Waals surface area contributed by atoms with Gasteiger partial charge in [-0.1, -0.05) is 48.5 Å². The Labute approximate surface area is 205 Å². The lowest BCUT2D eigenvalue weighted by atomic mass is 9.77. The molecule has 0 radical (unpaired) electrons. The quantitative estimate of drug-likeness (QED) is 0.305. The lowest BCUT2D eigenvalue weighted by Crippen LogP contribution is -2.41. The second-order valence-electron chi connectivity index (χ2n) is 9.73. The Kier molecular flexibility index (Phi) is 4.95. The molecule has 6 rings (SSSR count). The van der Waals surface area contributed by atoms with Gasteiger partial charge in [-0.05, 0) is 52.0 Å². The summed E-state index contributed by atoms with van der Waals surface area (Å²) in [4.78, 5) is 9.31. The monoisotopic (exact) mass is 464 g/mol. The molecule has 0 atom stereocenters. The van der Waals surface area contributed by atoms with Crippen LogP contribution in [0.1, 0.15) is 27.7 Å². The van der Waals surface area contributed by atoms with Crippen LogP contribution >= 0.6 is 0 Å². The molecule has 7 heteroatoms. The minimum atomic E-state index is -0.595. The van der Waals surface area contributed by atoms with Gasteiger partial charge in [0.25, 0.3) is 0 Å². The molecule has 0 unspecified atom stereocenters. The molecule has 0 bridgehead atoms. The zero-order valence-electron chi connectivity index (χ0n) is 20.1. The van der Waals surface area contributed by atoms with Gasteiger partial charge in [0, 0.05) is 22.8 Å². The molecule has 0 aliphatic carbocycles. The number of aromatic nitrogens is 2. The molecule has 1 fully saturated rings. The van der Waals surface area contributed by atoms with Crippen molar-refractivity contribution in [2.24, 2.45) is 0 Å². The minimum absolute atomic E-state index is 0.478. The van der Waals surface area contributed by atoms with E-state index < -0.39 is 18.3 Å². The Hall–Kier alpha value is -3.68. The van der Waals surface area contributed by atoms with Crippen molar-refractivity contribution in [2.75, 3.05) is 0 Å². The van der Waals surface area contributed by atoms with E-state index in [1.807, 2.05) is 100 Å². The highest BCUT2D eigenvalue weighted by atomic mass is 16.7. The van der Waals surface area contributed by atoms with E-state index in [0.29, 0.717) is 28.8 Å². The molecular formula is C28H25BN2O4. The number of fused-ring (bicyclic) bond motifs is 2. The standard InChI is InChI=1S/C28H25BN2O4/c1-27(2)28(3,4)35-29(34-27)20-15-14-19(24-25(20)33-23-13-9-8-12-22(23)32-24)21-16-17-30-26(31-21)18-10-6-5-7-11-18/h5-17H,1-4H3. The average molecular weight is 464 g/mol. The predicted octanol–water partition coefficient (Wildman–Crippen LogP) is 6.01. The van der Waals surface area contributed by atoms with Gasteiger partial charge in [-0.25, -0.2) is 9.97 Å². The summed E-state index contributed by atoms with van der Waals surface area (Å²) >= 11 is 0. The van der Waals surface area contributed by atoms with Crippen LogP contribution in [0.3, 0.4) is 0 Å². The van der Waals surface area contributed by atoms with Gasteiger partial charge >= 0.3 is 7.12 Å². The highest BCUT2D eigenvalue weighted by Crippen LogP contribution is 2.49. The zero-order chi connectivity index (χ0) is 24.2. The Morgan fingerprint density at radius 1 is 0.686 bits per heavy atom. The van der Waals surface area contributed by atoms with Gasteiger partial charge in [-0.15, -0.1) is 0 Å². The van der Waals surface area contributed by atoms with Gasteiger partial charge in [0.2, 0.25) is 0 Å². The van der Waals surface area contributed by atoms with Crippen LogP contribution < -0.4 is 14.9 Å². The molecular weight excluding hydrogens is 439 g/mol. The van der Waals surface area contributed by atoms with E-state index in [-0.39, 0.29) is 0 Å². The van der Waals surface area contributed by atoms with Crippen molar-refractivity contribution in [3.63, 3.8) is 0 Å². The maximum atomic E-state index is 6.42. The van der Waals surface area contributed by atoms with Gasteiger partial charge in [0.1, 0.15) is 0 Å². The first-order valence-electron chi connectivity index (χ1n) is 11.7. The Balaban J connectivity index is 1.48. The first-order valence-corrected chi connectivity index (χ1v) is 11.7. The molecule has 2 aliphatic heterocycles. The van der Waals surface area contributed by atoms with Crippen molar-refractivity contribution in [2.45, 2.75) is 38.9 Å². The lowest BCUT2D eigenvalue weighted by molar-refractivity contribution is 0.00578.